The van der Waals surface area contributed by atoms with Gasteiger partial charge in [0.1, 0.15) is 6.04 Å². The zero-order chi connectivity index (χ0) is 16.3. The van der Waals surface area contributed by atoms with Gasteiger partial charge in [-0.3, -0.25) is 14.4 Å². The summed E-state index contributed by atoms with van der Waals surface area (Å²) in [7, 11) is 1.27. The molecule has 1 aliphatic heterocycles. The predicted octanol–water partition coefficient (Wildman–Crippen LogP) is 1.70. The lowest BCUT2D eigenvalue weighted by Crippen LogP contribution is -2.49. The molecule has 1 aromatic carbocycles. The van der Waals surface area contributed by atoms with E-state index in [1.165, 1.54) is 12.2 Å². The van der Waals surface area contributed by atoms with Crippen LogP contribution < -0.4 is 0 Å². The highest BCUT2D eigenvalue weighted by atomic mass is 16.7. The van der Waals surface area contributed by atoms with Crippen LogP contribution in [0.4, 0.5) is 0 Å². The van der Waals surface area contributed by atoms with Crippen molar-refractivity contribution in [2.24, 2.45) is 11.3 Å². The average molecular weight is 307 g/mol. The number of methoxy groups -OCH3 is 1. The van der Waals surface area contributed by atoms with Crippen molar-refractivity contribution in [3.8, 4) is 0 Å². The second-order valence-corrected chi connectivity index (χ2v) is 5.77. The molecule has 1 aliphatic rings. The van der Waals surface area contributed by atoms with Crippen molar-refractivity contribution in [1.29, 1.82) is 0 Å². The number of benzene rings is 1. The largest absolute Gasteiger partial charge is 0.480 e. The van der Waals surface area contributed by atoms with Crippen LogP contribution in [0.15, 0.2) is 30.3 Å². The third-order valence-electron chi connectivity index (χ3n) is 4.43. The summed E-state index contributed by atoms with van der Waals surface area (Å²) in [6.07, 6.45) is 0. The molecule has 0 saturated carbocycles. The van der Waals surface area contributed by atoms with E-state index in [4.69, 9.17) is 9.57 Å². The highest BCUT2D eigenvalue weighted by molar-refractivity contribution is 5.87. The van der Waals surface area contributed by atoms with E-state index in [1.54, 1.807) is 6.92 Å². The first-order valence-electron chi connectivity index (χ1n) is 7.16. The van der Waals surface area contributed by atoms with Crippen molar-refractivity contribution < 1.29 is 24.3 Å². The second kappa shape index (κ2) is 6.46. The molecule has 1 heterocycles. The summed E-state index contributed by atoms with van der Waals surface area (Å²) in [6.45, 7) is 4.07. The van der Waals surface area contributed by atoms with Crippen LogP contribution in [0.2, 0.25) is 0 Å². The zero-order valence-electron chi connectivity index (χ0n) is 13.0. The molecule has 0 bridgehead atoms. The predicted molar refractivity (Wildman–Crippen MR) is 78.6 cm³/mol. The van der Waals surface area contributed by atoms with Gasteiger partial charge in [0.25, 0.3) is 0 Å². The van der Waals surface area contributed by atoms with E-state index in [1.807, 2.05) is 37.3 Å². The Kier molecular flexibility index (Phi) is 4.83. The molecule has 0 spiro atoms. The van der Waals surface area contributed by atoms with Crippen LogP contribution in [0.1, 0.15) is 19.4 Å². The SMILES string of the molecule is COC(=O)[C@@]1(C)C(C(=O)O)N(OCc2ccccc2)C[C@H]1C. The molecule has 1 unspecified atom stereocenters. The van der Waals surface area contributed by atoms with Crippen LogP contribution >= 0.6 is 0 Å². The van der Waals surface area contributed by atoms with E-state index in [9.17, 15) is 14.7 Å². The maximum Gasteiger partial charge on any atom is 0.324 e. The van der Waals surface area contributed by atoms with Crippen LogP contribution in [0.25, 0.3) is 0 Å². The third kappa shape index (κ3) is 2.84. The first-order valence-corrected chi connectivity index (χ1v) is 7.16. The number of esters is 1. The lowest BCUT2D eigenvalue weighted by Gasteiger charge is -2.30. The average Bonchev–Trinajstić information content (AvgIpc) is 2.77. The zero-order valence-corrected chi connectivity index (χ0v) is 13.0. The Balaban J connectivity index is 2.18. The number of rotatable bonds is 5. The topological polar surface area (TPSA) is 76.1 Å². The van der Waals surface area contributed by atoms with Crippen molar-refractivity contribution in [3.63, 3.8) is 0 Å². The van der Waals surface area contributed by atoms with E-state index in [0.29, 0.717) is 6.54 Å². The molecule has 6 heteroatoms. The lowest BCUT2D eigenvalue weighted by molar-refractivity contribution is -0.204. The van der Waals surface area contributed by atoms with Crippen LogP contribution in [-0.4, -0.2) is 41.8 Å². The molecule has 0 aromatic heterocycles. The first-order chi connectivity index (χ1) is 10.4. The summed E-state index contributed by atoms with van der Waals surface area (Å²) in [6, 6.07) is 8.40. The fourth-order valence-corrected chi connectivity index (χ4v) is 2.90. The molecule has 1 saturated heterocycles. The summed E-state index contributed by atoms with van der Waals surface area (Å²) < 4.78 is 4.81. The van der Waals surface area contributed by atoms with Crippen molar-refractivity contribution >= 4 is 11.9 Å². The molecule has 1 aromatic rings. The van der Waals surface area contributed by atoms with Crippen molar-refractivity contribution in [1.82, 2.24) is 5.06 Å². The van der Waals surface area contributed by atoms with Gasteiger partial charge < -0.3 is 9.84 Å². The molecular weight excluding hydrogens is 286 g/mol. The Morgan fingerprint density at radius 3 is 2.55 bits per heavy atom. The molecule has 120 valence electrons. The summed E-state index contributed by atoms with van der Waals surface area (Å²) in [5.41, 5.74) is -0.206. The standard InChI is InChI=1S/C16H21NO5/c1-11-9-17(22-10-12-7-5-4-6-8-12)13(14(18)19)16(11,2)15(20)21-3/h4-8,11,13H,9-10H2,1-3H3,(H,18,19)/t11-,13?,16-/m1/s1. The second-order valence-electron chi connectivity index (χ2n) is 5.77. The highest BCUT2D eigenvalue weighted by Crippen LogP contribution is 2.42. The minimum Gasteiger partial charge on any atom is -0.480 e. The molecule has 6 nitrogen and oxygen atoms in total. The summed E-state index contributed by atoms with van der Waals surface area (Å²) in [5, 5.41) is 10.9. The molecule has 0 aliphatic carbocycles. The van der Waals surface area contributed by atoms with Crippen molar-refractivity contribution in [2.75, 3.05) is 13.7 Å². The van der Waals surface area contributed by atoms with Crippen LogP contribution in [-0.2, 0) is 25.8 Å². The van der Waals surface area contributed by atoms with Gasteiger partial charge in [-0.25, -0.2) is 0 Å². The summed E-state index contributed by atoms with van der Waals surface area (Å²) in [5.74, 6) is -1.82. The number of carbonyl (C=O) groups is 2. The number of carboxylic acids is 1. The third-order valence-corrected chi connectivity index (χ3v) is 4.43. The van der Waals surface area contributed by atoms with Gasteiger partial charge in [0.05, 0.1) is 19.1 Å². The van der Waals surface area contributed by atoms with E-state index in [-0.39, 0.29) is 12.5 Å². The van der Waals surface area contributed by atoms with Gasteiger partial charge in [0.15, 0.2) is 0 Å². The smallest absolute Gasteiger partial charge is 0.324 e. The minimum absolute atomic E-state index is 0.197. The van der Waals surface area contributed by atoms with E-state index >= 15 is 0 Å². The molecular formula is C16H21NO5. The van der Waals surface area contributed by atoms with Gasteiger partial charge >= 0.3 is 11.9 Å². The monoisotopic (exact) mass is 307 g/mol. The Labute approximate surface area is 129 Å². The number of hydroxylamine groups is 2. The Hall–Kier alpha value is -1.92. The molecule has 1 fully saturated rings. The van der Waals surface area contributed by atoms with Gasteiger partial charge in [-0.15, -0.1) is 0 Å². The fraction of sp³-hybridized carbons (Fsp3) is 0.500. The number of hydrogen-bond donors (Lipinski definition) is 1. The maximum atomic E-state index is 12.1. The number of ether oxygens (including phenoxy) is 1. The van der Waals surface area contributed by atoms with Gasteiger partial charge in [0, 0.05) is 6.54 Å². The minimum atomic E-state index is -1.14. The fourth-order valence-electron chi connectivity index (χ4n) is 2.90. The quantitative estimate of drug-likeness (QED) is 0.835. The number of carboxylic acid groups (broad SMARTS) is 1. The van der Waals surface area contributed by atoms with Gasteiger partial charge in [-0.2, -0.15) is 5.06 Å². The number of nitrogens with zero attached hydrogens (tertiary/aromatic N) is 1. The highest BCUT2D eigenvalue weighted by Gasteiger charge is 2.59. The molecule has 22 heavy (non-hydrogen) atoms. The van der Waals surface area contributed by atoms with E-state index in [0.717, 1.165) is 5.56 Å². The first kappa shape index (κ1) is 16.5. The van der Waals surface area contributed by atoms with E-state index in [2.05, 4.69) is 0 Å². The van der Waals surface area contributed by atoms with Crippen LogP contribution in [0.5, 0.6) is 0 Å². The summed E-state index contributed by atoms with van der Waals surface area (Å²) >= 11 is 0. The Morgan fingerprint density at radius 1 is 1.36 bits per heavy atom. The molecule has 0 radical (unpaired) electrons. The molecule has 3 atom stereocenters. The lowest BCUT2D eigenvalue weighted by atomic mass is 9.75. The number of hydrogen-bond acceptors (Lipinski definition) is 5. The van der Waals surface area contributed by atoms with Crippen molar-refractivity contribution in [3.05, 3.63) is 35.9 Å². The number of carbonyl (C=O) groups excluding carboxylic acids is 1. The molecule has 2 rings (SSSR count). The number of aliphatic carboxylic acids is 1. The van der Waals surface area contributed by atoms with Crippen LogP contribution in [0, 0.1) is 11.3 Å². The Bertz CT molecular complexity index is 547. The van der Waals surface area contributed by atoms with Crippen molar-refractivity contribution in [2.45, 2.75) is 26.5 Å². The normalized spacial score (nSPS) is 28.5. The van der Waals surface area contributed by atoms with Gasteiger partial charge in [-0.05, 0) is 18.4 Å². The van der Waals surface area contributed by atoms with Crippen LogP contribution in [0.3, 0.4) is 0 Å². The van der Waals surface area contributed by atoms with Gasteiger partial charge in [0.2, 0.25) is 0 Å². The summed E-state index contributed by atoms with van der Waals surface area (Å²) in [4.78, 5) is 29.5. The molecule has 1 N–H and O–H groups in total. The maximum absolute atomic E-state index is 12.1. The van der Waals surface area contributed by atoms with Gasteiger partial charge in [-0.1, -0.05) is 37.3 Å². The molecule has 0 amide bonds. The van der Waals surface area contributed by atoms with E-state index < -0.39 is 23.4 Å². The Morgan fingerprint density at radius 2 is 2.00 bits per heavy atom.